The third kappa shape index (κ3) is 6.18. The van der Waals surface area contributed by atoms with Crippen LogP contribution < -0.4 is 21.3 Å². The van der Waals surface area contributed by atoms with Crippen molar-refractivity contribution >= 4 is 35.0 Å². The molecule has 3 rings (SSSR count). The van der Waals surface area contributed by atoms with Gasteiger partial charge in [0, 0.05) is 31.2 Å². The fourth-order valence-corrected chi connectivity index (χ4v) is 3.75. The number of amides is 2. The monoisotopic (exact) mass is 505 g/mol. The lowest BCUT2D eigenvalue weighted by atomic mass is 9.82. The summed E-state index contributed by atoms with van der Waals surface area (Å²) in [7, 11) is 6.20. The number of benzene rings is 2. The van der Waals surface area contributed by atoms with Crippen molar-refractivity contribution in [3.8, 4) is 6.07 Å². The molecule has 1 atom stereocenters. The number of nitriles is 1. The van der Waals surface area contributed by atoms with Crippen LogP contribution in [0.2, 0.25) is 0 Å². The first-order valence-corrected chi connectivity index (χ1v) is 11.1. The molecule has 2 aromatic carbocycles. The van der Waals surface area contributed by atoms with Crippen molar-refractivity contribution in [2.45, 2.75) is 12.3 Å². The van der Waals surface area contributed by atoms with Crippen LogP contribution in [-0.4, -0.2) is 46.3 Å². The summed E-state index contributed by atoms with van der Waals surface area (Å²) in [4.78, 5) is 39.3. The van der Waals surface area contributed by atoms with Gasteiger partial charge in [-0.1, -0.05) is 12.1 Å². The lowest BCUT2D eigenvalue weighted by molar-refractivity contribution is -0.140. The van der Waals surface area contributed by atoms with E-state index in [9.17, 15) is 19.6 Å². The van der Waals surface area contributed by atoms with Gasteiger partial charge < -0.3 is 35.5 Å². The van der Waals surface area contributed by atoms with Crippen molar-refractivity contribution in [2.75, 3.05) is 43.8 Å². The van der Waals surface area contributed by atoms with Gasteiger partial charge in [0.2, 0.25) is 5.88 Å². The maximum absolute atomic E-state index is 12.8. The number of urea groups is 1. The summed E-state index contributed by atoms with van der Waals surface area (Å²) in [6.07, 6.45) is -0.399. The molecule has 0 aliphatic carbocycles. The number of hydrogen-bond donors (Lipinski definition) is 3. The van der Waals surface area contributed by atoms with E-state index in [0.29, 0.717) is 16.9 Å². The average molecular weight is 506 g/mol. The van der Waals surface area contributed by atoms with E-state index in [-0.39, 0.29) is 22.8 Å². The summed E-state index contributed by atoms with van der Waals surface area (Å²) < 4.78 is 15.1. The summed E-state index contributed by atoms with van der Waals surface area (Å²) in [5.74, 6) is -2.82. The molecule has 1 aliphatic rings. The largest absolute Gasteiger partial charge is 0.469 e. The number of nitrogens with zero attached hydrogens (tertiary/aromatic N) is 2. The van der Waals surface area contributed by atoms with Gasteiger partial charge in [-0.15, -0.1) is 0 Å². The highest BCUT2D eigenvalue weighted by Crippen LogP contribution is 2.41. The van der Waals surface area contributed by atoms with Gasteiger partial charge in [-0.25, -0.2) is 9.59 Å². The third-order valence-electron chi connectivity index (χ3n) is 5.55. The van der Waals surface area contributed by atoms with Crippen LogP contribution in [0, 0.1) is 11.3 Å². The SMILES string of the molecule is COC(=O)CC1=C(C(=O)OC)C(c2cccc(NC(=O)Nc3ccc(N(C)C)cc3)c2)C(C#N)=C(N)O1. The maximum Gasteiger partial charge on any atom is 0.338 e. The molecule has 11 nitrogen and oxygen atoms in total. The van der Waals surface area contributed by atoms with Crippen LogP contribution in [0.3, 0.4) is 0 Å². The van der Waals surface area contributed by atoms with Gasteiger partial charge in [-0.05, 0) is 42.0 Å². The lowest BCUT2D eigenvalue weighted by Gasteiger charge is -2.27. The van der Waals surface area contributed by atoms with Crippen LogP contribution in [-0.2, 0) is 23.8 Å². The Hall–Kier alpha value is -4.98. The van der Waals surface area contributed by atoms with E-state index in [1.165, 1.54) is 14.2 Å². The minimum absolute atomic E-state index is 0.0448. The molecule has 0 spiro atoms. The number of carbonyl (C=O) groups excluding carboxylic acids is 3. The quantitative estimate of drug-likeness (QED) is 0.481. The van der Waals surface area contributed by atoms with Gasteiger partial charge in [-0.2, -0.15) is 5.26 Å². The number of nitrogens with one attached hydrogen (secondary N) is 2. The molecule has 0 saturated carbocycles. The van der Waals surface area contributed by atoms with Crippen LogP contribution in [0.15, 0.2) is 71.3 Å². The highest BCUT2D eigenvalue weighted by molar-refractivity contribution is 6.00. The summed E-state index contributed by atoms with van der Waals surface area (Å²) in [6, 6.07) is 15.3. The summed E-state index contributed by atoms with van der Waals surface area (Å²) in [5.41, 5.74) is 8.27. The highest BCUT2D eigenvalue weighted by Gasteiger charge is 2.38. The zero-order valence-electron chi connectivity index (χ0n) is 20.8. The van der Waals surface area contributed by atoms with E-state index in [1.807, 2.05) is 37.2 Å². The van der Waals surface area contributed by atoms with Crippen molar-refractivity contribution in [3.63, 3.8) is 0 Å². The molecular formula is C26H27N5O6. The summed E-state index contributed by atoms with van der Waals surface area (Å²) in [5, 5.41) is 15.3. The number of hydrogen-bond acceptors (Lipinski definition) is 9. The van der Waals surface area contributed by atoms with Crippen LogP contribution in [0.1, 0.15) is 17.9 Å². The number of rotatable bonds is 7. The van der Waals surface area contributed by atoms with Gasteiger partial charge in [-0.3, -0.25) is 4.79 Å². The Morgan fingerprint density at radius 1 is 1.05 bits per heavy atom. The Balaban J connectivity index is 1.93. The zero-order valence-corrected chi connectivity index (χ0v) is 20.8. The third-order valence-corrected chi connectivity index (χ3v) is 5.55. The second-order valence-electron chi connectivity index (χ2n) is 8.15. The molecular weight excluding hydrogens is 478 g/mol. The van der Waals surface area contributed by atoms with Crippen molar-refractivity contribution in [3.05, 3.63) is 76.9 Å². The molecule has 0 radical (unpaired) electrons. The number of nitrogens with two attached hydrogens (primary N) is 1. The van der Waals surface area contributed by atoms with Crippen LogP contribution in [0.25, 0.3) is 0 Å². The predicted molar refractivity (Wildman–Crippen MR) is 136 cm³/mol. The first-order valence-electron chi connectivity index (χ1n) is 11.1. The molecule has 1 heterocycles. The van der Waals surface area contributed by atoms with Gasteiger partial charge in [0.15, 0.2) is 0 Å². The Bertz CT molecular complexity index is 1310. The van der Waals surface area contributed by atoms with Crippen molar-refractivity contribution in [2.24, 2.45) is 5.73 Å². The highest BCUT2D eigenvalue weighted by atomic mass is 16.5. The van der Waals surface area contributed by atoms with E-state index < -0.39 is 30.3 Å². The molecule has 0 aromatic heterocycles. The van der Waals surface area contributed by atoms with E-state index in [1.54, 1.807) is 36.4 Å². The Morgan fingerprint density at radius 3 is 2.32 bits per heavy atom. The van der Waals surface area contributed by atoms with Crippen LogP contribution in [0.5, 0.6) is 0 Å². The van der Waals surface area contributed by atoms with E-state index in [4.69, 9.17) is 15.2 Å². The predicted octanol–water partition coefficient (Wildman–Crippen LogP) is 3.19. The van der Waals surface area contributed by atoms with E-state index >= 15 is 0 Å². The fraction of sp³-hybridized carbons (Fsp3) is 0.231. The summed E-state index contributed by atoms with van der Waals surface area (Å²) in [6.45, 7) is 0. The molecule has 1 aliphatic heterocycles. The number of esters is 2. The molecule has 0 saturated heterocycles. The molecule has 0 bridgehead atoms. The molecule has 2 aromatic rings. The average Bonchev–Trinajstić information content (AvgIpc) is 2.88. The van der Waals surface area contributed by atoms with Crippen LogP contribution in [0.4, 0.5) is 21.9 Å². The lowest BCUT2D eigenvalue weighted by Crippen LogP contribution is -2.27. The molecule has 37 heavy (non-hydrogen) atoms. The van der Waals surface area contributed by atoms with Gasteiger partial charge in [0.1, 0.15) is 23.8 Å². The minimum atomic E-state index is -1.01. The molecule has 1 unspecified atom stereocenters. The van der Waals surface area contributed by atoms with Crippen LogP contribution >= 0.6 is 0 Å². The maximum atomic E-state index is 12.8. The van der Waals surface area contributed by atoms with Crippen molar-refractivity contribution in [1.29, 1.82) is 5.26 Å². The van der Waals surface area contributed by atoms with Gasteiger partial charge in [0.05, 0.1) is 25.7 Å². The van der Waals surface area contributed by atoms with E-state index in [2.05, 4.69) is 15.4 Å². The molecule has 11 heteroatoms. The number of anilines is 3. The standard InChI is InChI=1S/C26H27N5O6/c1-31(2)18-10-8-16(9-11-18)29-26(34)30-17-7-5-6-15(12-17)22-19(14-27)24(28)37-20(13-21(32)35-3)23(22)25(33)36-4/h5-12,22H,13,28H2,1-4H3,(H2,29,30,34). The molecule has 0 fully saturated rings. The fourth-order valence-electron chi connectivity index (χ4n) is 3.75. The molecule has 2 amide bonds. The summed E-state index contributed by atoms with van der Waals surface area (Å²) >= 11 is 0. The number of methoxy groups -OCH3 is 2. The number of carbonyl (C=O) groups is 3. The van der Waals surface area contributed by atoms with Gasteiger partial charge in [0.25, 0.3) is 0 Å². The first-order chi connectivity index (χ1) is 17.7. The second-order valence-corrected chi connectivity index (χ2v) is 8.15. The van der Waals surface area contributed by atoms with Crippen molar-refractivity contribution < 1.29 is 28.6 Å². The topological polar surface area (TPSA) is 156 Å². The smallest absolute Gasteiger partial charge is 0.338 e. The minimum Gasteiger partial charge on any atom is -0.469 e. The number of allylic oxidation sites excluding steroid dienone is 1. The normalized spacial score (nSPS) is 14.7. The first kappa shape index (κ1) is 26.6. The zero-order chi connectivity index (χ0) is 27.1. The molecule has 192 valence electrons. The Kier molecular flexibility index (Phi) is 8.37. The van der Waals surface area contributed by atoms with Gasteiger partial charge >= 0.3 is 18.0 Å². The second kappa shape index (κ2) is 11.6. The molecule has 4 N–H and O–H groups in total. The van der Waals surface area contributed by atoms with Crippen molar-refractivity contribution in [1.82, 2.24) is 0 Å². The Labute approximate surface area is 214 Å². The number of ether oxygens (including phenoxy) is 3. The Morgan fingerprint density at radius 2 is 1.73 bits per heavy atom. The van der Waals surface area contributed by atoms with E-state index in [0.717, 1.165) is 5.69 Å².